The minimum absolute atomic E-state index is 0.0678. The average molecular weight is 241 g/mol. The van der Waals surface area contributed by atoms with Crippen molar-refractivity contribution in [2.24, 2.45) is 5.73 Å². The van der Waals surface area contributed by atoms with Gasteiger partial charge in [-0.1, -0.05) is 18.9 Å². The molecule has 0 aliphatic heterocycles. The van der Waals surface area contributed by atoms with Crippen LogP contribution in [0.15, 0.2) is 18.2 Å². The van der Waals surface area contributed by atoms with Crippen molar-refractivity contribution in [3.05, 3.63) is 29.3 Å². The number of nitrogens with two attached hydrogens (primary N) is 1. The number of halogens is 2. The van der Waals surface area contributed by atoms with E-state index >= 15 is 0 Å². The van der Waals surface area contributed by atoms with E-state index in [0.717, 1.165) is 31.2 Å². The molecule has 0 radical (unpaired) electrons. The number of alkyl halides is 2. The number of ether oxygens (including phenoxy) is 1. The number of benzene rings is 1. The maximum Gasteiger partial charge on any atom is 0.267 e. The van der Waals surface area contributed by atoms with E-state index in [2.05, 4.69) is 0 Å². The zero-order chi connectivity index (χ0) is 12.5. The predicted octanol–water partition coefficient (Wildman–Crippen LogP) is 3.36. The summed E-state index contributed by atoms with van der Waals surface area (Å²) in [4.78, 5) is 0. The smallest absolute Gasteiger partial charge is 0.267 e. The lowest BCUT2D eigenvalue weighted by Gasteiger charge is -2.25. The van der Waals surface area contributed by atoms with Crippen molar-refractivity contribution in [3.63, 3.8) is 0 Å². The predicted molar refractivity (Wildman–Crippen MR) is 62.3 cm³/mol. The first kappa shape index (κ1) is 12.3. The van der Waals surface area contributed by atoms with Crippen molar-refractivity contribution < 1.29 is 13.5 Å². The van der Waals surface area contributed by atoms with Crippen LogP contribution in [0.3, 0.4) is 0 Å². The summed E-state index contributed by atoms with van der Waals surface area (Å²) in [6, 6.07) is 4.88. The Bertz CT molecular complexity index is 400. The lowest BCUT2D eigenvalue weighted by molar-refractivity contribution is 0.147. The molecule has 0 saturated heterocycles. The number of methoxy groups -OCH3 is 1. The minimum Gasteiger partial charge on any atom is -0.496 e. The highest BCUT2D eigenvalue weighted by atomic mass is 19.3. The van der Waals surface area contributed by atoms with Crippen molar-refractivity contribution in [2.45, 2.75) is 37.6 Å². The lowest BCUT2D eigenvalue weighted by atomic mass is 9.88. The Balaban J connectivity index is 2.40. The quantitative estimate of drug-likeness (QED) is 0.880. The minimum atomic E-state index is -2.53. The van der Waals surface area contributed by atoms with Gasteiger partial charge >= 0.3 is 0 Å². The standard InChI is InChI=1S/C13H17F2NO/c1-17-11-5-4-9(8-10(11)12(14)15)13(16)6-2-3-7-13/h4-5,8,12H,2-3,6-7,16H2,1H3. The van der Waals surface area contributed by atoms with Crippen LogP contribution in [-0.4, -0.2) is 7.11 Å². The van der Waals surface area contributed by atoms with Crippen LogP contribution in [0, 0.1) is 0 Å². The summed E-state index contributed by atoms with van der Waals surface area (Å²) in [6.45, 7) is 0. The van der Waals surface area contributed by atoms with Gasteiger partial charge in [0.15, 0.2) is 0 Å². The van der Waals surface area contributed by atoms with Crippen molar-refractivity contribution in [3.8, 4) is 5.75 Å². The maximum absolute atomic E-state index is 12.9. The van der Waals surface area contributed by atoms with Gasteiger partial charge in [0.1, 0.15) is 5.75 Å². The molecule has 2 rings (SSSR count). The largest absolute Gasteiger partial charge is 0.496 e. The van der Waals surface area contributed by atoms with Crippen LogP contribution < -0.4 is 10.5 Å². The Morgan fingerprint density at radius 3 is 2.47 bits per heavy atom. The van der Waals surface area contributed by atoms with Gasteiger partial charge in [0.2, 0.25) is 0 Å². The van der Waals surface area contributed by atoms with Crippen LogP contribution in [0.4, 0.5) is 8.78 Å². The van der Waals surface area contributed by atoms with E-state index in [1.807, 2.05) is 0 Å². The molecular weight excluding hydrogens is 224 g/mol. The summed E-state index contributed by atoms with van der Waals surface area (Å²) in [5.74, 6) is 0.227. The lowest BCUT2D eigenvalue weighted by Crippen LogP contribution is -2.33. The normalized spacial score (nSPS) is 18.6. The van der Waals surface area contributed by atoms with Crippen LogP contribution in [0.1, 0.15) is 43.2 Å². The van der Waals surface area contributed by atoms with E-state index in [1.54, 1.807) is 12.1 Å². The van der Waals surface area contributed by atoms with Crippen LogP contribution in [-0.2, 0) is 5.54 Å². The van der Waals surface area contributed by atoms with Gasteiger partial charge in [0.05, 0.1) is 12.7 Å². The summed E-state index contributed by atoms with van der Waals surface area (Å²) < 4.78 is 30.7. The molecule has 1 fully saturated rings. The molecule has 0 amide bonds. The molecule has 0 spiro atoms. The molecule has 1 aliphatic carbocycles. The zero-order valence-corrected chi connectivity index (χ0v) is 9.88. The van der Waals surface area contributed by atoms with E-state index in [1.165, 1.54) is 13.2 Å². The van der Waals surface area contributed by atoms with Gasteiger partial charge in [0, 0.05) is 5.54 Å². The molecule has 94 valence electrons. The third kappa shape index (κ3) is 2.27. The number of hydrogen-bond acceptors (Lipinski definition) is 2. The highest BCUT2D eigenvalue weighted by molar-refractivity contribution is 5.41. The van der Waals surface area contributed by atoms with Crippen LogP contribution >= 0.6 is 0 Å². The molecule has 1 aromatic carbocycles. The first-order valence-electron chi connectivity index (χ1n) is 5.82. The summed E-state index contributed by atoms with van der Waals surface area (Å²) in [7, 11) is 1.40. The summed E-state index contributed by atoms with van der Waals surface area (Å²) in [5, 5.41) is 0. The summed E-state index contributed by atoms with van der Waals surface area (Å²) in [5.41, 5.74) is 6.55. The van der Waals surface area contributed by atoms with E-state index in [4.69, 9.17) is 10.5 Å². The molecule has 2 nitrogen and oxygen atoms in total. The second-order valence-corrected chi connectivity index (χ2v) is 4.62. The second-order valence-electron chi connectivity index (χ2n) is 4.62. The van der Waals surface area contributed by atoms with Gasteiger partial charge in [-0.15, -0.1) is 0 Å². The van der Waals surface area contributed by atoms with Crippen molar-refractivity contribution in [1.82, 2.24) is 0 Å². The molecule has 0 atom stereocenters. The first-order valence-corrected chi connectivity index (χ1v) is 5.82. The van der Waals surface area contributed by atoms with Crippen LogP contribution in [0.5, 0.6) is 5.75 Å². The van der Waals surface area contributed by atoms with Crippen molar-refractivity contribution in [2.75, 3.05) is 7.11 Å². The molecule has 1 aromatic rings. The Kier molecular flexibility index (Phi) is 3.33. The Morgan fingerprint density at radius 1 is 1.29 bits per heavy atom. The molecule has 0 aromatic heterocycles. The molecule has 0 bridgehead atoms. The molecule has 2 N–H and O–H groups in total. The monoisotopic (exact) mass is 241 g/mol. The first-order chi connectivity index (χ1) is 8.07. The second kappa shape index (κ2) is 4.61. The maximum atomic E-state index is 12.9. The molecule has 0 unspecified atom stereocenters. The van der Waals surface area contributed by atoms with Crippen molar-refractivity contribution in [1.29, 1.82) is 0 Å². The van der Waals surface area contributed by atoms with Gasteiger partial charge in [-0.3, -0.25) is 0 Å². The molecule has 1 aliphatic rings. The molecule has 1 saturated carbocycles. The summed E-state index contributed by atoms with van der Waals surface area (Å²) >= 11 is 0. The van der Waals surface area contributed by atoms with Crippen molar-refractivity contribution >= 4 is 0 Å². The Hall–Kier alpha value is -1.16. The molecule has 17 heavy (non-hydrogen) atoms. The molecular formula is C13H17F2NO. The highest BCUT2D eigenvalue weighted by Crippen LogP contribution is 2.39. The molecule has 0 heterocycles. The van der Waals surface area contributed by atoms with E-state index in [0.29, 0.717) is 0 Å². The van der Waals surface area contributed by atoms with E-state index < -0.39 is 12.0 Å². The van der Waals surface area contributed by atoms with Gasteiger partial charge < -0.3 is 10.5 Å². The van der Waals surface area contributed by atoms with Crippen LogP contribution in [0.2, 0.25) is 0 Å². The van der Waals surface area contributed by atoms with Crippen LogP contribution in [0.25, 0.3) is 0 Å². The number of rotatable bonds is 3. The fourth-order valence-corrected chi connectivity index (χ4v) is 2.51. The summed E-state index contributed by atoms with van der Waals surface area (Å²) in [6.07, 6.45) is 1.32. The Morgan fingerprint density at radius 2 is 1.94 bits per heavy atom. The third-order valence-electron chi connectivity index (χ3n) is 3.54. The SMILES string of the molecule is COc1ccc(C2(N)CCCC2)cc1C(F)F. The van der Waals surface area contributed by atoms with E-state index in [-0.39, 0.29) is 11.3 Å². The third-order valence-corrected chi connectivity index (χ3v) is 3.54. The topological polar surface area (TPSA) is 35.2 Å². The average Bonchev–Trinajstić information content (AvgIpc) is 2.76. The fourth-order valence-electron chi connectivity index (χ4n) is 2.51. The number of hydrogen-bond donors (Lipinski definition) is 1. The Labute approximate surface area is 99.8 Å². The molecule has 4 heteroatoms. The van der Waals surface area contributed by atoms with Gasteiger partial charge in [-0.25, -0.2) is 8.78 Å². The zero-order valence-electron chi connectivity index (χ0n) is 9.88. The van der Waals surface area contributed by atoms with E-state index in [9.17, 15) is 8.78 Å². The van der Waals surface area contributed by atoms with Gasteiger partial charge in [-0.2, -0.15) is 0 Å². The highest BCUT2D eigenvalue weighted by Gasteiger charge is 2.32. The van der Waals surface area contributed by atoms with Gasteiger partial charge in [-0.05, 0) is 30.5 Å². The van der Waals surface area contributed by atoms with Gasteiger partial charge in [0.25, 0.3) is 6.43 Å². The fraction of sp³-hybridized carbons (Fsp3) is 0.538.